The third-order valence-corrected chi connectivity index (χ3v) is 3.78. The van der Waals surface area contributed by atoms with Crippen molar-refractivity contribution in [2.45, 2.75) is 18.9 Å². The lowest BCUT2D eigenvalue weighted by atomic mass is 9.89. The molecule has 0 spiro atoms. The Morgan fingerprint density at radius 3 is 3.00 bits per heavy atom. The Kier molecular flexibility index (Phi) is 4.50. The minimum absolute atomic E-state index is 0.201. The fourth-order valence-corrected chi connectivity index (χ4v) is 2.65. The Hall–Kier alpha value is -0.490. The first-order valence-corrected chi connectivity index (χ1v) is 6.51. The van der Waals surface area contributed by atoms with Crippen molar-refractivity contribution < 1.29 is 9.13 Å². The topological polar surface area (TPSA) is 47.3 Å². The van der Waals surface area contributed by atoms with E-state index in [-0.39, 0.29) is 17.8 Å². The normalized spacial score (nSPS) is 22.4. The smallest absolute Gasteiger partial charge is 0.142 e. The highest BCUT2D eigenvalue weighted by Crippen LogP contribution is 2.31. The van der Waals surface area contributed by atoms with E-state index in [9.17, 15) is 4.39 Å². The second kappa shape index (κ2) is 5.91. The molecule has 1 fully saturated rings. The lowest BCUT2D eigenvalue weighted by molar-refractivity contribution is 0.0384. The van der Waals surface area contributed by atoms with Crippen molar-refractivity contribution in [1.29, 1.82) is 0 Å². The van der Waals surface area contributed by atoms with Gasteiger partial charge in [0, 0.05) is 18.1 Å². The highest BCUT2D eigenvalue weighted by atomic mass is 79.9. The fourth-order valence-electron chi connectivity index (χ4n) is 2.27. The molecule has 3 nitrogen and oxygen atoms in total. The van der Waals surface area contributed by atoms with Gasteiger partial charge in [0.05, 0.1) is 17.1 Å². The quantitative estimate of drug-likeness (QED) is 0.666. The predicted molar refractivity (Wildman–Crippen MR) is 67.7 cm³/mol. The van der Waals surface area contributed by atoms with Crippen LogP contribution in [0.2, 0.25) is 0 Å². The largest absolute Gasteiger partial charge is 0.381 e. The van der Waals surface area contributed by atoms with E-state index in [0.29, 0.717) is 16.6 Å². The van der Waals surface area contributed by atoms with Crippen LogP contribution in [0.15, 0.2) is 22.7 Å². The number of hydrogen-bond acceptors (Lipinski definition) is 3. The molecule has 2 atom stereocenters. The first-order chi connectivity index (χ1) is 8.24. The standard InChI is InChI=1S/C12H16BrFN2O/c13-10-5-1-4-9(11(10)14)12(16-15)8-3-2-6-17-7-8/h1,4-5,8,12,16H,2-3,6-7,15H2. The maximum atomic E-state index is 14.0. The van der Waals surface area contributed by atoms with Crippen LogP contribution in [0.1, 0.15) is 24.4 Å². The summed E-state index contributed by atoms with van der Waals surface area (Å²) in [5, 5.41) is 0. The number of hydrazine groups is 1. The molecule has 0 saturated carbocycles. The number of nitrogens with two attached hydrogens (primary N) is 1. The van der Waals surface area contributed by atoms with E-state index in [1.54, 1.807) is 12.1 Å². The molecule has 0 aromatic heterocycles. The third kappa shape index (κ3) is 2.85. The van der Waals surface area contributed by atoms with Crippen molar-refractivity contribution in [2.24, 2.45) is 11.8 Å². The molecule has 1 aromatic rings. The molecular formula is C12H16BrFN2O. The zero-order valence-electron chi connectivity index (χ0n) is 9.46. The Balaban J connectivity index is 2.24. The number of benzene rings is 1. The second-order valence-electron chi connectivity index (χ2n) is 4.26. The summed E-state index contributed by atoms with van der Waals surface area (Å²) in [6.07, 6.45) is 2.00. The second-order valence-corrected chi connectivity index (χ2v) is 5.12. The summed E-state index contributed by atoms with van der Waals surface area (Å²) in [6.45, 7) is 1.41. The summed E-state index contributed by atoms with van der Waals surface area (Å²) in [6, 6.07) is 5.06. The third-order valence-electron chi connectivity index (χ3n) is 3.16. The minimum Gasteiger partial charge on any atom is -0.381 e. The lowest BCUT2D eigenvalue weighted by Gasteiger charge is -2.30. The van der Waals surface area contributed by atoms with Crippen LogP contribution in [-0.2, 0) is 4.74 Å². The monoisotopic (exact) mass is 302 g/mol. The molecule has 0 bridgehead atoms. The van der Waals surface area contributed by atoms with E-state index in [2.05, 4.69) is 21.4 Å². The first-order valence-electron chi connectivity index (χ1n) is 5.72. The average Bonchev–Trinajstić information content (AvgIpc) is 2.37. The van der Waals surface area contributed by atoms with Crippen LogP contribution in [0, 0.1) is 11.7 Å². The molecule has 0 amide bonds. The van der Waals surface area contributed by atoms with Crippen LogP contribution in [0.4, 0.5) is 4.39 Å². The van der Waals surface area contributed by atoms with E-state index in [1.807, 2.05) is 6.07 Å². The summed E-state index contributed by atoms with van der Waals surface area (Å²) >= 11 is 3.19. The van der Waals surface area contributed by atoms with Gasteiger partial charge >= 0.3 is 0 Å². The van der Waals surface area contributed by atoms with Gasteiger partial charge in [-0.3, -0.25) is 11.3 Å². The molecule has 1 saturated heterocycles. The van der Waals surface area contributed by atoms with Gasteiger partial charge in [-0.05, 0) is 34.8 Å². The first kappa shape index (κ1) is 13.0. The highest BCUT2D eigenvalue weighted by Gasteiger charge is 2.27. The van der Waals surface area contributed by atoms with Crippen LogP contribution in [-0.4, -0.2) is 13.2 Å². The number of halogens is 2. The minimum atomic E-state index is -0.249. The highest BCUT2D eigenvalue weighted by molar-refractivity contribution is 9.10. The Morgan fingerprint density at radius 2 is 2.35 bits per heavy atom. The molecule has 1 aliphatic heterocycles. The van der Waals surface area contributed by atoms with Gasteiger partial charge in [0.25, 0.3) is 0 Å². The van der Waals surface area contributed by atoms with E-state index in [0.717, 1.165) is 19.4 Å². The number of nitrogens with one attached hydrogen (secondary N) is 1. The van der Waals surface area contributed by atoms with E-state index >= 15 is 0 Å². The molecule has 2 rings (SSSR count). The molecule has 0 aliphatic carbocycles. The number of ether oxygens (including phenoxy) is 1. The van der Waals surface area contributed by atoms with Gasteiger partial charge in [-0.1, -0.05) is 12.1 Å². The van der Waals surface area contributed by atoms with Gasteiger partial charge in [-0.15, -0.1) is 0 Å². The van der Waals surface area contributed by atoms with Gasteiger partial charge in [-0.25, -0.2) is 4.39 Å². The van der Waals surface area contributed by atoms with Gasteiger partial charge in [0.2, 0.25) is 0 Å². The maximum Gasteiger partial charge on any atom is 0.142 e. The number of rotatable bonds is 3. The summed E-state index contributed by atoms with van der Waals surface area (Å²) < 4.78 is 19.9. The van der Waals surface area contributed by atoms with E-state index in [4.69, 9.17) is 10.6 Å². The predicted octanol–water partition coefficient (Wildman–Crippen LogP) is 2.52. The van der Waals surface area contributed by atoms with Crippen molar-refractivity contribution in [3.05, 3.63) is 34.1 Å². The Bertz CT molecular complexity index is 383. The number of hydrogen-bond donors (Lipinski definition) is 2. The van der Waals surface area contributed by atoms with Gasteiger partial charge < -0.3 is 4.74 Å². The van der Waals surface area contributed by atoms with Crippen LogP contribution < -0.4 is 11.3 Å². The molecule has 1 aromatic carbocycles. The zero-order chi connectivity index (χ0) is 12.3. The zero-order valence-corrected chi connectivity index (χ0v) is 11.0. The van der Waals surface area contributed by atoms with Crippen LogP contribution >= 0.6 is 15.9 Å². The van der Waals surface area contributed by atoms with Crippen molar-refractivity contribution in [1.82, 2.24) is 5.43 Å². The molecule has 17 heavy (non-hydrogen) atoms. The summed E-state index contributed by atoms with van der Waals surface area (Å²) in [5.41, 5.74) is 3.31. The summed E-state index contributed by atoms with van der Waals surface area (Å²) in [4.78, 5) is 0. The van der Waals surface area contributed by atoms with Crippen LogP contribution in [0.3, 0.4) is 0 Å². The molecular weight excluding hydrogens is 287 g/mol. The van der Waals surface area contributed by atoms with E-state index < -0.39 is 0 Å². The van der Waals surface area contributed by atoms with Crippen molar-refractivity contribution in [3.63, 3.8) is 0 Å². The van der Waals surface area contributed by atoms with Gasteiger partial charge in [0.1, 0.15) is 5.82 Å². The van der Waals surface area contributed by atoms with Crippen molar-refractivity contribution in [3.8, 4) is 0 Å². The Labute approximate surface area is 109 Å². The SMILES string of the molecule is NNC(c1cccc(Br)c1F)C1CCCOC1. The van der Waals surface area contributed by atoms with Crippen LogP contribution in [0.5, 0.6) is 0 Å². The van der Waals surface area contributed by atoms with E-state index in [1.165, 1.54) is 0 Å². The fraction of sp³-hybridized carbons (Fsp3) is 0.500. The van der Waals surface area contributed by atoms with Crippen LogP contribution in [0.25, 0.3) is 0 Å². The molecule has 5 heteroatoms. The van der Waals surface area contributed by atoms with Crippen molar-refractivity contribution >= 4 is 15.9 Å². The molecule has 0 radical (unpaired) electrons. The van der Waals surface area contributed by atoms with Crippen molar-refractivity contribution in [2.75, 3.05) is 13.2 Å². The molecule has 3 N–H and O–H groups in total. The lowest BCUT2D eigenvalue weighted by Crippen LogP contribution is -2.37. The molecule has 1 heterocycles. The molecule has 94 valence electrons. The van der Waals surface area contributed by atoms with Gasteiger partial charge in [-0.2, -0.15) is 0 Å². The van der Waals surface area contributed by atoms with Gasteiger partial charge in [0.15, 0.2) is 0 Å². The molecule has 2 unspecified atom stereocenters. The summed E-state index contributed by atoms with van der Waals surface area (Å²) in [5.74, 6) is 5.54. The molecule has 1 aliphatic rings. The Morgan fingerprint density at radius 1 is 1.53 bits per heavy atom. The maximum absolute atomic E-state index is 14.0. The average molecular weight is 303 g/mol. The summed E-state index contributed by atoms with van der Waals surface area (Å²) in [7, 11) is 0.